The molecule has 2 aromatic rings. The monoisotopic (exact) mass is 436 g/mol. The third kappa shape index (κ3) is 3.85. The second-order valence-corrected chi connectivity index (χ2v) is 9.03. The summed E-state index contributed by atoms with van der Waals surface area (Å²) in [5.74, 6) is 0.254. The molecule has 5 rings (SSSR count). The molecule has 0 radical (unpaired) electrons. The molecule has 168 valence electrons. The number of fused-ring (bicyclic) bond motifs is 2. The maximum atomic E-state index is 13.3. The highest BCUT2D eigenvalue weighted by atomic mass is 19.4. The quantitative estimate of drug-likeness (QED) is 0.721. The Morgan fingerprint density at radius 1 is 0.935 bits per heavy atom. The molecule has 0 aromatic carbocycles. The molecule has 4 heterocycles. The second-order valence-electron chi connectivity index (χ2n) is 9.03. The van der Waals surface area contributed by atoms with Crippen molar-refractivity contribution in [2.45, 2.75) is 63.6 Å². The third-order valence-electron chi connectivity index (χ3n) is 7.20. The molecular formula is C21H27F3N6O. The molecule has 3 aliphatic rings. The zero-order valence-electron chi connectivity index (χ0n) is 17.4. The molecule has 7 nitrogen and oxygen atoms in total. The summed E-state index contributed by atoms with van der Waals surface area (Å²) in [5.41, 5.74) is 0.0632. The summed E-state index contributed by atoms with van der Waals surface area (Å²) in [5, 5.41) is 10.9. The summed E-state index contributed by atoms with van der Waals surface area (Å²) in [6.07, 6.45) is 3.96. The molecule has 2 atom stereocenters. The molecule has 2 saturated heterocycles. The fourth-order valence-corrected chi connectivity index (χ4v) is 5.61. The minimum atomic E-state index is -4.62. The number of amides is 1. The Hall–Kier alpha value is -2.39. The van der Waals surface area contributed by atoms with Gasteiger partial charge in [-0.2, -0.15) is 17.7 Å². The number of anilines is 1. The van der Waals surface area contributed by atoms with Gasteiger partial charge >= 0.3 is 6.18 Å². The Balaban J connectivity index is 1.26. The van der Waals surface area contributed by atoms with E-state index in [2.05, 4.69) is 20.2 Å². The van der Waals surface area contributed by atoms with Crippen LogP contribution in [0, 0.1) is 11.8 Å². The van der Waals surface area contributed by atoms with Gasteiger partial charge in [0.2, 0.25) is 5.91 Å². The van der Waals surface area contributed by atoms with Crippen LogP contribution in [0.4, 0.5) is 19.0 Å². The molecule has 1 aliphatic carbocycles. The van der Waals surface area contributed by atoms with Gasteiger partial charge in [-0.3, -0.25) is 4.79 Å². The maximum Gasteiger partial charge on any atom is 0.453 e. The number of hydrogen-bond donors (Lipinski definition) is 0. The number of aromatic nitrogens is 4. The predicted octanol–water partition coefficient (Wildman–Crippen LogP) is 3.54. The van der Waals surface area contributed by atoms with E-state index in [9.17, 15) is 18.0 Å². The van der Waals surface area contributed by atoms with Crippen LogP contribution in [0.25, 0.3) is 5.65 Å². The highest BCUT2D eigenvalue weighted by Crippen LogP contribution is 2.37. The standard InChI is InChI=1S/C21H27F3N6O/c22-21(23,24)20-26-25-17-7-8-18(27-30(17)20)28-12-9-15(10-13-28)19(31)29-11-3-5-14-4-1-2-6-16(14)29/h7-8,14-16H,1-6,9-13H2/t14-,16-/m0/s1. The molecule has 1 saturated carbocycles. The van der Waals surface area contributed by atoms with Crippen LogP contribution in [0.2, 0.25) is 0 Å². The zero-order valence-corrected chi connectivity index (χ0v) is 17.4. The number of piperidine rings is 2. The van der Waals surface area contributed by atoms with Crippen LogP contribution >= 0.6 is 0 Å². The van der Waals surface area contributed by atoms with E-state index in [-0.39, 0.29) is 17.5 Å². The smallest absolute Gasteiger partial charge is 0.355 e. The van der Waals surface area contributed by atoms with Crippen molar-refractivity contribution in [3.05, 3.63) is 18.0 Å². The van der Waals surface area contributed by atoms with Crippen LogP contribution in [0.5, 0.6) is 0 Å². The summed E-state index contributed by atoms with van der Waals surface area (Å²) in [6, 6.07) is 3.58. The van der Waals surface area contributed by atoms with Gasteiger partial charge < -0.3 is 9.80 Å². The molecular weight excluding hydrogens is 409 g/mol. The summed E-state index contributed by atoms with van der Waals surface area (Å²) in [7, 11) is 0. The van der Waals surface area contributed by atoms with Crippen molar-refractivity contribution in [3.63, 3.8) is 0 Å². The minimum Gasteiger partial charge on any atom is -0.355 e. The van der Waals surface area contributed by atoms with Gasteiger partial charge in [0.15, 0.2) is 5.65 Å². The van der Waals surface area contributed by atoms with E-state index in [0.717, 1.165) is 23.9 Å². The van der Waals surface area contributed by atoms with Crippen molar-refractivity contribution < 1.29 is 18.0 Å². The van der Waals surface area contributed by atoms with Crippen molar-refractivity contribution in [3.8, 4) is 0 Å². The third-order valence-corrected chi connectivity index (χ3v) is 7.20. The van der Waals surface area contributed by atoms with Crippen LogP contribution in [-0.2, 0) is 11.0 Å². The lowest BCUT2D eigenvalue weighted by molar-refractivity contribution is -0.146. The topological polar surface area (TPSA) is 66.6 Å². The van der Waals surface area contributed by atoms with Crippen LogP contribution in [-0.4, -0.2) is 56.3 Å². The molecule has 0 spiro atoms. The molecule has 0 unspecified atom stereocenters. The first-order valence-electron chi connectivity index (χ1n) is 11.3. The SMILES string of the molecule is O=C(C1CCN(c2ccc3nnc(C(F)(F)F)n3n2)CC1)N1CCC[C@@H]2CCCC[C@@H]21. The Kier molecular flexibility index (Phi) is 5.26. The number of carbonyl (C=O) groups excluding carboxylic acids is 1. The highest BCUT2D eigenvalue weighted by Gasteiger charge is 2.40. The van der Waals surface area contributed by atoms with Crippen molar-refractivity contribution >= 4 is 17.4 Å². The van der Waals surface area contributed by atoms with Gasteiger partial charge in [-0.1, -0.05) is 12.8 Å². The molecule has 31 heavy (non-hydrogen) atoms. The fourth-order valence-electron chi connectivity index (χ4n) is 5.61. The zero-order chi connectivity index (χ0) is 21.6. The van der Waals surface area contributed by atoms with Gasteiger partial charge in [0.1, 0.15) is 5.82 Å². The number of alkyl halides is 3. The fraction of sp³-hybridized carbons (Fsp3) is 0.714. The van der Waals surface area contributed by atoms with Crippen molar-refractivity contribution in [1.82, 2.24) is 24.7 Å². The Labute approximate surface area is 178 Å². The van der Waals surface area contributed by atoms with Crippen molar-refractivity contribution in [1.29, 1.82) is 0 Å². The van der Waals surface area contributed by atoms with Crippen molar-refractivity contribution in [2.24, 2.45) is 11.8 Å². The summed E-state index contributed by atoms with van der Waals surface area (Å²) < 4.78 is 40.2. The van der Waals surface area contributed by atoms with Crippen LogP contribution in [0.3, 0.4) is 0 Å². The normalized spacial score (nSPS) is 25.6. The van der Waals surface area contributed by atoms with E-state index in [4.69, 9.17) is 0 Å². The first-order chi connectivity index (χ1) is 14.9. The van der Waals surface area contributed by atoms with Gasteiger partial charge in [0.25, 0.3) is 5.82 Å². The van der Waals surface area contributed by atoms with E-state index in [1.165, 1.54) is 31.7 Å². The summed E-state index contributed by atoms with van der Waals surface area (Å²) in [6.45, 7) is 2.06. The number of halogens is 3. The molecule has 3 fully saturated rings. The van der Waals surface area contributed by atoms with E-state index < -0.39 is 12.0 Å². The van der Waals surface area contributed by atoms with Crippen LogP contribution in [0.1, 0.15) is 57.2 Å². The number of likely N-dealkylation sites (tertiary alicyclic amines) is 1. The maximum absolute atomic E-state index is 13.3. The lowest BCUT2D eigenvalue weighted by Crippen LogP contribution is -2.52. The predicted molar refractivity (Wildman–Crippen MR) is 107 cm³/mol. The van der Waals surface area contributed by atoms with Gasteiger partial charge in [0.05, 0.1) is 0 Å². The molecule has 2 aromatic heterocycles. The Morgan fingerprint density at radius 3 is 2.45 bits per heavy atom. The molecule has 10 heteroatoms. The Bertz CT molecular complexity index is 950. The van der Waals surface area contributed by atoms with Crippen molar-refractivity contribution in [2.75, 3.05) is 24.5 Å². The van der Waals surface area contributed by atoms with Gasteiger partial charge in [-0.05, 0) is 56.6 Å². The van der Waals surface area contributed by atoms with Gasteiger partial charge in [-0.25, -0.2) is 0 Å². The summed E-state index contributed by atoms with van der Waals surface area (Å²) >= 11 is 0. The van der Waals surface area contributed by atoms with E-state index in [1.807, 2.05) is 4.90 Å². The van der Waals surface area contributed by atoms with Crippen LogP contribution in [0.15, 0.2) is 12.1 Å². The minimum absolute atomic E-state index is 0.0127. The van der Waals surface area contributed by atoms with Gasteiger partial charge in [-0.15, -0.1) is 15.3 Å². The number of nitrogens with zero attached hydrogens (tertiary/aromatic N) is 6. The van der Waals surface area contributed by atoms with Crippen LogP contribution < -0.4 is 4.90 Å². The Morgan fingerprint density at radius 2 is 1.68 bits per heavy atom. The molecule has 1 amide bonds. The lowest BCUT2D eigenvalue weighted by atomic mass is 9.77. The molecule has 0 bridgehead atoms. The van der Waals surface area contributed by atoms with E-state index >= 15 is 0 Å². The van der Waals surface area contributed by atoms with Gasteiger partial charge in [0, 0.05) is 31.6 Å². The van der Waals surface area contributed by atoms with E-state index in [0.29, 0.717) is 43.7 Å². The molecule has 0 N–H and O–H groups in total. The lowest BCUT2D eigenvalue weighted by Gasteiger charge is -2.46. The first-order valence-corrected chi connectivity index (χ1v) is 11.3. The average Bonchev–Trinajstić information content (AvgIpc) is 3.22. The average molecular weight is 436 g/mol. The highest BCUT2D eigenvalue weighted by molar-refractivity contribution is 5.79. The summed E-state index contributed by atoms with van der Waals surface area (Å²) in [4.78, 5) is 17.4. The largest absolute Gasteiger partial charge is 0.453 e. The molecule has 2 aliphatic heterocycles. The first kappa shape index (κ1) is 20.5. The number of rotatable bonds is 2. The number of carbonyl (C=O) groups is 1. The number of hydrogen-bond acceptors (Lipinski definition) is 5. The second kappa shape index (κ2) is 7.94. The van der Waals surface area contributed by atoms with E-state index in [1.54, 1.807) is 6.07 Å².